The predicted molar refractivity (Wildman–Crippen MR) is 128 cm³/mol. The van der Waals surface area contributed by atoms with E-state index in [9.17, 15) is 9.18 Å². The van der Waals surface area contributed by atoms with Crippen LogP contribution in [-0.4, -0.2) is 22.5 Å². The number of halogens is 1. The number of carbonyl (C=O) groups is 1. The van der Waals surface area contributed by atoms with Crippen LogP contribution in [0.5, 0.6) is 5.75 Å². The number of ether oxygens (including phenoxy) is 1. The van der Waals surface area contributed by atoms with E-state index in [4.69, 9.17) is 4.74 Å². The summed E-state index contributed by atoms with van der Waals surface area (Å²) in [6, 6.07) is 23.5. The van der Waals surface area contributed by atoms with Gasteiger partial charge in [0.2, 0.25) is 0 Å². The van der Waals surface area contributed by atoms with Crippen molar-refractivity contribution in [3.63, 3.8) is 0 Å². The van der Waals surface area contributed by atoms with E-state index in [1.807, 2.05) is 67.6 Å². The van der Waals surface area contributed by atoms with Crippen molar-refractivity contribution in [1.82, 2.24) is 4.90 Å². The second-order valence-corrected chi connectivity index (χ2v) is 8.29. The Labute approximate surface area is 191 Å². The van der Waals surface area contributed by atoms with Crippen molar-refractivity contribution in [1.29, 1.82) is 0 Å². The van der Waals surface area contributed by atoms with Crippen molar-refractivity contribution in [3.05, 3.63) is 101 Å². The SMILES string of the molecule is CCCN1C(=O)/C(=C/c2ccc(OCc3ccc(F)cc3)cc2)SC1=Nc1ccccc1. The Morgan fingerprint density at radius 3 is 2.41 bits per heavy atom. The van der Waals surface area contributed by atoms with Gasteiger partial charge in [-0.2, -0.15) is 0 Å². The molecule has 162 valence electrons. The number of rotatable bonds is 7. The molecule has 0 radical (unpaired) electrons. The van der Waals surface area contributed by atoms with E-state index in [1.165, 1.54) is 23.9 Å². The molecule has 1 heterocycles. The Kier molecular flexibility index (Phi) is 7.02. The van der Waals surface area contributed by atoms with Crippen LogP contribution in [-0.2, 0) is 11.4 Å². The van der Waals surface area contributed by atoms with Crippen molar-refractivity contribution in [2.45, 2.75) is 20.0 Å². The summed E-state index contributed by atoms with van der Waals surface area (Å²) in [6.07, 6.45) is 2.74. The molecule has 0 spiro atoms. The molecule has 0 N–H and O–H groups in total. The van der Waals surface area contributed by atoms with Gasteiger partial charge in [-0.05, 0) is 71.8 Å². The average Bonchev–Trinajstić information content (AvgIpc) is 3.09. The molecule has 0 aliphatic carbocycles. The standard InChI is InChI=1S/C26H23FN2O2S/c1-2-16-29-25(30)24(32-26(29)28-22-6-4-3-5-7-22)17-19-10-14-23(15-11-19)31-18-20-8-12-21(27)13-9-20/h3-15,17H,2,16,18H2,1H3/b24-17-,28-26?. The molecule has 4 rings (SSSR count). The number of hydrogen-bond acceptors (Lipinski definition) is 4. The van der Waals surface area contributed by atoms with Crippen molar-refractivity contribution in [2.24, 2.45) is 4.99 Å². The number of thioether (sulfide) groups is 1. The lowest BCUT2D eigenvalue weighted by Crippen LogP contribution is -2.29. The third kappa shape index (κ3) is 5.45. The number of amides is 1. The number of hydrogen-bond donors (Lipinski definition) is 0. The Balaban J connectivity index is 1.47. The topological polar surface area (TPSA) is 41.9 Å². The zero-order valence-corrected chi connectivity index (χ0v) is 18.5. The van der Waals surface area contributed by atoms with E-state index >= 15 is 0 Å². The minimum Gasteiger partial charge on any atom is -0.489 e. The molecule has 1 amide bonds. The van der Waals surface area contributed by atoms with Crippen molar-refractivity contribution < 1.29 is 13.9 Å². The monoisotopic (exact) mass is 446 g/mol. The molecule has 1 saturated heterocycles. The highest BCUT2D eigenvalue weighted by molar-refractivity contribution is 8.18. The maximum Gasteiger partial charge on any atom is 0.266 e. The van der Waals surface area contributed by atoms with Gasteiger partial charge in [0.1, 0.15) is 18.2 Å². The minimum absolute atomic E-state index is 0.0248. The van der Waals surface area contributed by atoms with E-state index < -0.39 is 0 Å². The zero-order chi connectivity index (χ0) is 22.3. The first-order chi connectivity index (χ1) is 15.6. The van der Waals surface area contributed by atoms with E-state index in [0.717, 1.165) is 23.2 Å². The van der Waals surface area contributed by atoms with Crippen molar-refractivity contribution >= 4 is 34.6 Å². The van der Waals surface area contributed by atoms with Gasteiger partial charge >= 0.3 is 0 Å². The summed E-state index contributed by atoms with van der Waals surface area (Å²) in [5, 5.41) is 0.702. The van der Waals surface area contributed by atoms with Gasteiger partial charge in [-0.15, -0.1) is 0 Å². The number of nitrogens with zero attached hydrogens (tertiary/aromatic N) is 2. The number of aliphatic imine (C=N–C) groups is 1. The van der Waals surface area contributed by atoms with Crippen LogP contribution in [0.3, 0.4) is 0 Å². The molecule has 0 aromatic heterocycles. The Hall–Kier alpha value is -3.38. The summed E-state index contributed by atoms with van der Waals surface area (Å²) in [6.45, 7) is 3.04. The maximum absolute atomic E-state index is 13.0. The molecule has 4 nitrogen and oxygen atoms in total. The van der Waals surface area contributed by atoms with Gasteiger partial charge in [0.05, 0.1) is 10.6 Å². The average molecular weight is 447 g/mol. The van der Waals surface area contributed by atoms with Gasteiger partial charge in [0, 0.05) is 6.54 Å². The normalized spacial score (nSPS) is 16.2. The highest BCUT2D eigenvalue weighted by Crippen LogP contribution is 2.34. The molecule has 32 heavy (non-hydrogen) atoms. The highest BCUT2D eigenvalue weighted by Gasteiger charge is 2.32. The lowest BCUT2D eigenvalue weighted by atomic mass is 10.2. The lowest BCUT2D eigenvalue weighted by Gasteiger charge is -2.13. The fourth-order valence-corrected chi connectivity index (χ4v) is 4.21. The first-order valence-electron chi connectivity index (χ1n) is 10.4. The molecule has 0 unspecified atom stereocenters. The van der Waals surface area contributed by atoms with Crippen LogP contribution >= 0.6 is 11.8 Å². The summed E-state index contributed by atoms with van der Waals surface area (Å²) >= 11 is 1.39. The molecular weight excluding hydrogens is 423 g/mol. The fourth-order valence-electron chi connectivity index (χ4n) is 3.18. The number of benzene rings is 3. The number of amidine groups is 1. The first-order valence-corrected chi connectivity index (χ1v) is 11.3. The summed E-state index contributed by atoms with van der Waals surface area (Å²) in [7, 11) is 0. The Bertz CT molecular complexity index is 1130. The second kappa shape index (κ2) is 10.3. The quantitative estimate of drug-likeness (QED) is 0.393. The lowest BCUT2D eigenvalue weighted by molar-refractivity contribution is -0.122. The van der Waals surface area contributed by atoms with Crippen LogP contribution in [0.1, 0.15) is 24.5 Å². The van der Waals surface area contributed by atoms with Crippen LogP contribution in [0, 0.1) is 5.82 Å². The van der Waals surface area contributed by atoms with Crippen molar-refractivity contribution in [2.75, 3.05) is 6.54 Å². The van der Waals surface area contributed by atoms with Gasteiger partial charge in [-0.3, -0.25) is 9.69 Å². The first kappa shape index (κ1) is 21.8. The summed E-state index contributed by atoms with van der Waals surface area (Å²) < 4.78 is 18.8. The van der Waals surface area contributed by atoms with Gasteiger partial charge in [-0.1, -0.05) is 49.4 Å². The number of para-hydroxylation sites is 1. The zero-order valence-electron chi connectivity index (χ0n) is 17.7. The smallest absolute Gasteiger partial charge is 0.266 e. The summed E-state index contributed by atoms with van der Waals surface area (Å²) in [5.41, 5.74) is 2.63. The molecule has 1 fully saturated rings. The van der Waals surface area contributed by atoms with Crippen LogP contribution in [0.15, 0.2) is 88.8 Å². The molecule has 6 heteroatoms. The third-order valence-corrected chi connectivity index (χ3v) is 5.82. The molecule has 3 aromatic rings. The third-order valence-electron chi connectivity index (χ3n) is 4.81. The number of carbonyl (C=O) groups excluding carboxylic acids is 1. The fraction of sp³-hybridized carbons (Fsp3) is 0.154. The minimum atomic E-state index is -0.264. The Morgan fingerprint density at radius 1 is 1.00 bits per heavy atom. The van der Waals surface area contributed by atoms with Crippen LogP contribution in [0.4, 0.5) is 10.1 Å². The maximum atomic E-state index is 13.0. The van der Waals surface area contributed by atoms with E-state index in [2.05, 4.69) is 4.99 Å². The summed E-state index contributed by atoms with van der Waals surface area (Å²) in [4.78, 5) is 20.0. The molecule has 1 aliphatic heterocycles. The van der Waals surface area contributed by atoms with E-state index in [0.29, 0.717) is 29.0 Å². The molecule has 3 aromatic carbocycles. The molecule has 0 atom stereocenters. The van der Waals surface area contributed by atoms with Gasteiger partial charge in [0.15, 0.2) is 5.17 Å². The summed E-state index contributed by atoms with van der Waals surface area (Å²) in [5.74, 6) is 0.420. The van der Waals surface area contributed by atoms with E-state index in [1.54, 1.807) is 17.0 Å². The predicted octanol–water partition coefficient (Wildman–Crippen LogP) is 6.42. The van der Waals surface area contributed by atoms with Gasteiger partial charge in [-0.25, -0.2) is 9.38 Å². The molecule has 0 bridgehead atoms. The molecule has 1 aliphatic rings. The second-order valence-electron chi connectivity index (χ2n) is 7.28. The van der Waals surface area contributed by atoms with Crippen molar-refractivity contribution in [3.8, 4) is 5.75 Å². The van der Waals surface area contributed by atoms with Gasteiger partial charge < -0.3 is 4.74 Å². The van der Waals surface area contributed by atoms with Crippen LogP contribution in [0.25, 0.3) is 6.08 Å². The van der Waals surface area contributed by atoms with Crippen LogP contribution in [0.2, 0.25) is 0 Å². The van der Waals surface area contributed by atoms with E-state index in [-0.39, 0.29) is 11.7 Å². The molecule has 0 saturated carbocycles. The van der Waals surface area contributed by atoms with Crippen LogP contribution < -0.4 is 4.74 Å². The largest absolute Gasteiger partial charge is 0.489 e. The highest BCUT2D eigenvalue weighted by atomic mass is 32.2. The van der Waals surface area contributed by atoms with Gasteiger partial charge in [0.25, 0.3) is 5.91 Å². The Morgan fingerprint density at radius 2 is 1.72 bits per heavy atom. The molecular formula is C26H23FN2O2S.